The summed E-state index contributed by atoms with van der Waals surface area (Å²) >= 11 is 3.44. The van der Waals surface area contributed by atoms with E-state index in [9.17, 15) is 10.1 Å². The molecule has 0 radical (unpaired) electrons. The molecule has 0 spiro atoms. The number of rotatable bonds is 3. The fraction of sp³-hybridized carbons (Fsp3) is 0.429. The number of hydrogen-bond acceptors (Lipinski definition) is 5. The summed E-state index contributed by atoms with van der Waals surface area (Å²) in [5, 5.41) is 18.9. The van der Waals surface area contributed by atoms with Crippen molar-refractivity contribution < 1.29 is 4.92 Å². The van der Waals surface area contributed by atoms with Crippen LogP contribution in [0.4, 0.5) is 11.4 Å². The van der Waals surface area contributed by atoms with Crippen molar-refractivity contribution in [3.05, 3.63) is 44.9 Å². The summed E-state index contributed by atoms with van der Waals surface area (Å²) in [5.74, 6) is 1.45. The highest BCUT2D eigenvalue weighted by atomic mass is 79.9. The van der Waals surface area contributed by atoms with Gasteiger partial charge < -0.3 is 9.47 Å². The van der Waals surface area contributed by atoms with Crippen LogP contribution >= 0.6 is 15.9 Å². The molecule has 22 heavy (non-hydrogen) atoms. The Kier molecular flexibility index (Phi) is 4.10. The maximum Gasteiger partial charge on any atom is 0.270 e. The van der Waals surface area contributed by atoms with Gasteiger partial charge in [-0.2, -0.15) is 0 Å². The number of hydrogen-bond donors (Lipinski definition) is 0. The molecule has 0 aliphatic carbocycles. The molecule has 1 aromatic heterocycles. The van der Waals surface area contributed by atoms with Gasteiger partial charge >= 0.3 is 0 Å². The molecule has 1 fully saturated rings. The van der Waals surface area contributed by atoms with Gasteiger partial charge in [0.15, 0.2) is 0 Å². The zero-order valence-corrected chi connectivity index (χ0v) is 13.7. The van der Waals surface area contributed by atoms with Crippen molar-refractivity contribution in [1.82, 2.24) is 14.8 Å². The van der Waals surface area contributed by atoms with E-state index in [1.807, 2.05) is 17.7 Å². The second-order valence-corrected chi connectivity index (χ2v) is 6.31. The van der Waals surface area contributed by atoms with E-state index in [-0.39, 0.29) is 10.6 Å². The van der Waals surface area contributed by atoms with Gasteiger partial charge in [-0.1, -0.05) is 0 Å². The van der Waals surface area contributed by atoms with Gasteiger partial charge in [-0.05, 0) is 34.8 Å². The number of nitro benzene ring substituents is 1. The quantitative estimate of drug-likeness (QED) is 0.617. The third-order valence-corrected chi connectivity index (χ3v) is 4.72. The van der Waals surface area contributed by atoms with Gasteiger partial charge in [0.2, 0.25) is 0 Å². The Labute approximate surface area is 136 Å². The summed E-state index contributed by atoms with van der Waals surface area (Å²) in [4.78, 5) is 12.7. The minimum absolute atomic E-state index is 0.101. The molecule has 2 heterocycles. The zero-order chi connectivity index (χ0) is 15.7. The maximum absolute atomic E-state index is 10.8. The standard InChI is InChI=1S/C14H16BrN5O2/c1-18-9-16-17-14(18)10-4-6-19(7-5-10)13-3-2-11(20(21)22)8-12(13)15/h2-3,8-10H,4-7H2,1H3. The monoisotopic (exact) mass is 365 g/mol. The fourth-order valence-electron chi connectivity index (χ4n) is 2.91. The van der Waals surface area contributed by atoms with Crippen LogP contribution in [0.1, 0.15) is 24.6 Å². The summed E-state index contributed by atoms with van der Waals surface area (Å²) in [5.41, 5.74) is 1.10. The highest BCUT2D eigenvalue weighted by molar-refractivity contribution is 9.10. The van der Waals surface area contributed by atoms with E-state index in [4.69, 9.17) is 0 Å². The lowest BCUT2D eigenvalue weighted by molar-refractivity contribution is -0.384. The third-order valence-electron chi connectivity index (χ3n) is 4.09. The molecule has 116 valence electrons. The normalized spacial score (nSPS) is 16.0. The number of nitro groups is 1. The fourth-order valence-corrected chi connectivity index (χ4v) is 3.52. The molecule has 8 heteroatoms. The number of aryl methyl sites for hydroxylation is 1. The van der Waals surface area contributed by atoms with Crippen LogP contribution in [0.25, 0.3) is 0 Å². The van der Waals surface area contributed by atoms with E-state index in [1.54, 1.807) is 18.5 Å². The van der Waals surface area contributed by atoms with Gasteiger partial charge in [-0.15, -0.1) is 10.2 Å². The smallest absolute Gasteiger partial charge is 0.270 e. The molecule has 0 N–H and O–H groups in total. The summed E-state index contributed by atoms with van der Waals surface area (Å²) in [6, 6.07) is 4.92. The Bertz CT molecular complexity index is 694. The van der Waals surface area contributed by atoms with E-state index in [0.717, 1.165) is 41.9 Å². The molecule has 7 nitrogen and oxygen atoms in total. The number of non-ortho nitro benzene ring substituents is 1. The lowest BCUT2D eigenvalue weighted by Crippen LogP contribution is -2.33. The van der Waals surface area contributed by atoms with Gasteiger partial charge in [0.1, 0.15) is 12.2 Å². The van der Waals surface area contributed by atoms with Crippen molar-refractivity contribution in [2.24, 2.45) is 7.05 Å². The van der Waals surface area contributed by atoms with Crippen LogP contribution in [0.5, 0.6) is 0 Å². The highest BCUT2D eigenvalue weighted by Crippen LogP contribution is 2.34. The number of anilines is 1. The van der Waals surface area contributed by atoms with E-state index < -0.39 is 0 Å². The average molecular weight is 366 g/mol. The van der Waals surface area contributed by atoms with Crippen LogP contribution in [-0.4, -0.2) is 32.8 Å². The second kappa shape index (κ2) is 6.04. The zero-order valence-electron chi connectivity index (χ0n) is 12.1. The predicted molar refractivity (Wildman–Crippen MR) is 86.0 cm³/mol. The van der Waals surface area contributed by atoms with E-state index >= 15 is 0 Å². The molecule has 0 saturated carbocycles. The topological polar surface area (TPSA) is 77.1 Å². The van der Waals surface area contributed by atoms with Gasteiger partial charge in [0.25, 0.3) is 5.69 Å². The van der Waals surface area contributed by atoms with E-state index in [2.05, 4.69) is 31.0 Å². The van der Waals surface area contributed by atoms with Gasteiger partial charge in [0.05, 0.1) is 10.6 Å². The van der Waals surface area contributed by atoms with Crippen molar-refractivity contribution in [3.8, 4) is 0 Å². The third kappa shape index (κ3) is 2.83. The molecular formula is C14H16BrN5O2. The van der Waals surface area contributed by atoms with Crippen molar-refractivity contribution in [3.63, 3.8) is 0 Å². The molecule has 0 bridgehead atoms. The first-order chi connectivity index (χ1) is 10.6. The van der Waals surface area contributed by atoms with Crippen molar-refractivity contribution in [2.75, 3.05) is 18.0 Å². The molecule has 3 rings (SSSR count). The Morgan fingerprint density at radius 1 is 1.36 bits per heavy atom. The number of aromatic nitrogens is 3. The largest absolute Gasteiger partial charge is 0.371 e. The molecule has 1 aliphatic rings. The SMILES string of the molecule is Cn1cnnc1C1CCN(c2ccc([N+](=O)[O-])cc2Br)CC1. The minimum atomic E-state index is -0.380. The first kappa shape index (κ1) is 15.0. The molecular weight excluding hydrogens is 350 g/mol. The average Bonchev–Trinajstić information content (AvgIpc) is 2.93. The van der Waals surface area contributed by atoms with Crippen LogP contribution in [0.15, 0.2) is 29.0 Å². The molecule has 2 aromatic rings. The van der Waals surface area contributed by atoms with E-state index in [1.165, 1.54) is 0 Å². The van der Waals surface area contributed by atoms with Crippen molar-refractivity contribution in [1.29, 1.82) is 0 Å². The summed E-state index contributed by atoms with van der Waals surface area (Å²) < 4.78 is 2.74. The lowest BCUT2D eigenvalue weighted by atomic mass is 9.95. The lowest BCUT2D eigenvalue weighted by Gasteiger charge is -2.33. The summed E-state index contributed by atoms with van der Waals surface area (Å²) in [6.45, 7) is 1.79. The van der Waals surface area contributed by atoms with Crippen LogP contribution in [0.3, 0.4) is 0 Å². The van der Waals surface area contributed by atoms with Crippen LogP contribution in [-0.2, 0) is 7.05 Å². The minimum Gasteiger partial charge on any atom is -0.371 e. The molecule has 0 unspecified atom stereocenters. The molecule has 1 aromatic carbocycles. The van der Waals surface area contributed by atoms with Gasteiger partial charge in [-0.3, -0.25) is 10.1 Å². The predicted octanol–water partition coefficient (Wildman–Crippen LogP) is 2.87. The van der Waals surface area contributed by atoms with Crippen molar-refractivity contribution in [2.45, 2.75) is 18.8 Å². The van der Waals surface area contributed by atoms with Crippen LogP contribution in [0, 0.1) is 10.1 Å². The number of nitrogens with zero attached hydrogens (tertiary/aromatic N) is 5. The summed E-state index contributed by atoms with van der Waals surface area (Å²) in [6.07, 6.45) is 3.72. The van der Waals surface area contributed by atoms with Gasteiger partial charge in [0, 0.05) is 42.7 Å². The first-order valence-corrected chi connectivity index (χ1v) is 7.88. The molecule has 0 atom stereocenters. The van der Waals surface area contributed by atoms with E-state index in [0.29, 0.717) is 5.92 Å². The number of piperidine rings is 1. The Morgan fingerprint density at radius 3 is 2.64 bits per heavy atom. The number of benzene rings is 1. The Hall–Kier alpha value is -1.96. The Balaban J connectivity index is 1.71. The first-order valence-electron chi connectivity index (χ1n) is 7.09. The number of halogens is 1. The van der Waals surface area contributed by atoms with Crippen molar-refractivity contribution >= 4 is 27.3 Å². The van der Waals surface area contributed by atoms with Gasteiger partial charge in [-0.25, -0.2) is 0 Å². The van der Waals surface area contributed by atoms with Crippen LogP contribution < -0.4 is 4.90 Å². The highest BCUT2D eigenvalue weighted by Gasteiger charge is 2.25. The molecule has 1 saturated heterocycles. The Morgan fingerprint density at radius 2 is 2.09 bits per heavy atom. The molecule has 0 amide bonds. The van der Waals surface area contributed by atoms with Crippen LogP contribution in [0.2, 0.25) is 0 Å². The summed E-state index contributed by atoms with van der Waals surface area (Å²) in [7, 11) is 1.97. The second-order valence-electron chi connectivity index (χ2n) is 5.45. The maximum atomic E-state index is 10.8. The molecule has 1 aliphatic heterocycles.